The molecule has 0 saturated heterocycles. The molecular formula is C16H26N2O. The molecule has 0 fully saturated rings. The van der Waals surface area contributed by atoms with E-state index in [-0.39, 0.29) is 0 Å². The molecule has 0 radical (unpaired) electrons. The zero-order valence-electron chi connectivity index (χ0n) is 12.4. The number of rotatable bonds is 6. The highest BCUT2D eigenvalue weighted by Crippen LogP contribution is 2.15. The molecule has 0 aliphatic carbocycles. The van der Waals surface area contributed by atoms with E-state index in [1.54, 1.807) is 0 Å². The molecule has 1 aliphatic heterocycles. The SMILES string of the molecule is CC1=CCN(Cc2ccc(CNCC(C)C)o2)CC1. The maximum Gasteiger partial charge on any atom is 0.118 e. The minimum absolute atomic E-state index is 0.679. The summed E-state index contributed by atoms with van der Waals surface area (Å²) < 4.78 is 5.87. The Kier molecular flexibility index (Phi) is 5.23. The molecule has 0 aromatic carbocycles. The predicted molar refractivity (Wildman–Crippen MR) is 78.9 cm³/mol. The fourth-order valence-corrected chi connectivity index (χ4v) is 2.26. The second kappa shape index (κ2) is 6.92. The van der Waals surface area contributed by atoms with Crippen LogP contribution in [-0.4, -0.2) is 24.5 Å². The Morgan fingerprint density at radius 1 is 1.32 bits per heavy atom. The quantitative estimate of drug-likeness (QED) is 0.798. The summed E-state index contributed by atoms with van der Waals surface area (Å²) in [6.07, 6.45) is 3.50. The Morgan fingerprint density at radius 3 is 2.79 bits per heavy atom. The average molecular weight is 262 g/mol. The van der Waals surface area contributed by atoms with E-state index >= 15 is 0 Å². The standard InChI is InChI=1S/C16H26N2O/c1-13(2)10-17-11-15-4-5-16(19-15)12-18-8-6-14(3)7-9-18/h4-6,13,17H,7-12H2,1-3H3. The third kappa shape index (κ3) is 4.84. The van der Waals surface area contributed by atoms with Crippen LogP contribution in [0.25, 0.3) is 0 Å². The highest BCUT2D eigenvalue weighted by atomic mass is 16.3. The van der Waals surface area contributed by atoms with Crippen molar-refractivity contribution < 1.29 is 4.42 Å². The van der Waals surface area contributed by atoms with Crippen molar-refractivity contribution in [3.05, 3.63) is 35.3 Å². The Hall–Kier alpha value is -1.06. The van der Waals surface area contributed by atoms with Crippen molar-refractivity contribution in [3.8, 4) is 0 Å². The number of hydrogen-bond donors (Lipinski definition) is 1. The molecule has 1 aromatic heterocycles. The van der Waals surface area contributed by atoms with Gasteiger partial charge in [0.1, 0.15) is 11.5 Å². The van der Waals surface area contributed by atoms with E-state index in [0.717, 1.165) is 44.2 Å². The molecule has 1 N–H and O–H groups in total. The van der Waals surface area contributed by atoms with Gasteiger partial charge in [0.2, 0.25) is 0 Å². The van der Waals surface area contributed by atoms with Crippen LogP contribution in [0.3, 0.4) is 0 Å². The Bertz CT molecular complexity index is 420. The summed E-state index contributed by atoms with van der Waals surface area (Å²) in [5, 5.41) is 3.41. The van der Waals surface area contributed by atoms with Gasteiger partial charge < -0.3 is 9.73 Å². The number of hydrogen-bond acceptors (Lipinski definition) is 3. The maximum atomic E-state index is 5.87. The molecule has 3 heteroatoms. The Labute approximate surface area is 116 Å². The minimum Gasteiger partial charge on any atom is -0.463 e. The van der Waals surface area contributed by atoms with Crippen LogP contribution in [0.2, 0.25) is 0 Å². The molecule has 0 atom stereocenters. The van der Waals surface area contributed by atoms with Crippen LogP contribution in [0.15, 0.2) is 28.2 Å². The summed E-state index contributed by atoms with van der Waals surface area (Å²) >= 11 is 0. The molecule has 106 valence electrons. The number of nitrogens with one attached hydrogen (secondary N) is 1. The van der Waals surface area contributed by atoms with Crippen molar-refractivity contribution in [2.45, 2.75) is 40.3 Å². The zero-order chi connectivity index (χ0) is 13.7. The summed E-state index contributed by atoms with van der Waals surface area (Å²) in [6, 6.07) is 4.20. The summed E-state index contributed by atoms with van der Waals surface area (Å²) in [5.74, 6) is 2.80. The maximum absolute atomic E-state index is 5.87. The minimum atomic E-state index is 0.679. The summed E-state index contributed by atoms with van der Waals surface area (Å²) in [6.45, 7) is 11.6. The van der Waals surface area contributed by atoms with Gasteiger partial charge in [-0.1, -0.05) is 25.5 Å². The molecule has 0 unspecified atom stereocenters. The van der Waals surface area contributed by atoms with E-state index in [9.17, 15) is 0 Å². The first-order valence-corrected chi connectivity index (χ1v) is 7.30. The molecule has 3 nitrogen and oxygen atoms in total. The van der Waals surface area contributed by atoms with E-state index in [1.807, 2.05) is 0 Å². The molecule has 0 amide bonds. The van der Waals surface area contributed by atoms with E-state index in [2.05, 4.69) is 49.2 Å². The van der Waals surface area contributed by atoms with Crippen molar-refractivity contribution >= 4 is 0 Å². The van der Waals surface area contributed by atoms with Gasteiger partial charge in [0.05, 0.1) is 13.1 Å². The lowest BCUT2D eigenvalue weighted by molar-refractivity contribution is 0.257. The largest absolute Gasteiger partial charge is 0.463 e. The van der Waals surface area contributed by atoms with Gasteiger partial charge in [-0.05, 0) is 37.9 Å². The van der Waals surface area contributed by atoms with Crippen LogP contribution in [0, 0.1) is 5.92 Å². The number of furan rings is 1. The molecule has 2 rings (SSSR count). The highest BCUT2D eigenvalue weighted by molar-refractivity contribution is 5.09. The first-order chi connectivity index (χ1) is 9.13. The Morgan fingerprint density at radius 2 is 2.11 bits per heavy atom. The summed E-state index contributed by atoms with van der Waals surface area (Å²) in [7, 11) is 0. The lowest BCUT2D eigenvalue weighted by atomic mass is 10.1. The van der Waals surface area contributed by atoms with Gasteiger partial charge in [-0.2, -0.15) is 0 Å². The van der Waals surface area contributed by atoms with Crippen LogP contribution in [0.5, 0.6) is 0 Å². The summed E-state index contributed by atoms with van der Waals surface area (Å²) in [5.41, 5.74) is 1.51. The van der Waals surface area contributed by atoms with Crippen molar-refractivity contribution in [1.82, 2.24) is 10.2 Å². The number of nitrogens with zero attached hydrogens (tertiary/aromatic N) is 1. The van der Waals surface area contributed by atoms with Crippen LogP contribution in [0.4, 0.5) is 0 Å². The van der Waals surface area contributed by atoms with E-state index in [0.29, 0.717) is 5.92 Å². The summed E-state index contributed by atoms with van der Waals surface area (Å²) in [4.78, 5) is 2.43. The van der Waals surface area contributed by atoms with Gasteiger partial charge in [-0.25, -0.2) is 0 Å². The smallest absolute Gasteiger partial charge is 0.118 e. The van der Waals surface area contributed by atoms with E-state index < -0.39 is 0 Å². The predicted octanol–water partition coefficient (Wildman–Crippen LogP) is 3.18. The first kappa shape index (κ1) is 14.4. The molecule has 0 spiro atoms. The normalized spacial score (nSPS) is 16.9. The monoisotopic (exact) mass is 262 g/mol. The van der Waals surface area contributed by atoms with Crippen LogP contribution >= 0.6 is 0 Å². The second-order valence-electron chi connectivity index (χ2n) is 5.93. The van der Waals surface area contributed by atoms with Crippen LogP contribution in [0.1, 0.15) is 38.7 Å². The lowest BCUT2D eigenvalue weighted by Crippen LogP contribution is -2.27. The molecule has 1 aromatic rings. The first-order valence-electron chi connectivity index (χ1n) is 7.30. The van der Waals surface area contributed by atoms with Crippen molar-refractivity contribution in [3.63, 3.8) is 0 Å². The molecule has 2 heterocycles. The van der Waals surface area contributed by atoms with Gasteiger partial charge in [0.25, 0.3) is 0 Å². The molecule has 0 saturated carbocycles. The van der Waals surface area contributed by atoms with Crippen molar-refractivity contribution in [2.75, 3.05) is 19.6 Å². The van der Waals surface area contributed by atoms with Crippen LogP contribution in [-0.2, 0) is 13.1 Å². The molecule has 0 bridgehead atoms. The fourth-order valence-electron chi connectivity index (χ4n) is 2.26. The van der Waals surface area contributed by atoms with Gasteiger partial charge in [-0.15, -0.1) is 0 Å². The molecule has 1 aliphatic rings. The van der Waals surface area contributed by atoms with Crippen molar-refractivity contribution in [2.24, 2.45) is 5.92 Å². The zero-order valence-corrected chi connectivity index (χ0v) is 12.4. The molecular weight excluding hydrogens is 236 g/mol. The average Bonchev–Trinajstić information content (AvgIpc) is 2.79. The van der Waals surface area contributed by atoms with E-state index in [4.69, 9.17) is 4.42 Å². The third-order valence-electron chi connectivity index (χ3n) is 3.47. The second-order valence-corrected chi connectivity index (χ2v) is 5.93. The highest BCUT2D eigenvalue weighted by Gasteiger charge is 2.11. The topological polar surface area (TPSA) is 28.4 Å². The third-order valence-corrected chi connectivity index (χ3v) is 3.47. The molecule has 19 heavy (non-hydrogen) atoms. The van der Waals surface area contributed by atoms with Gasteiger partial charge in [0, 0.05) is 13.1 Å². The van der Waals surface area contributed by atoms with Crippen LogP contribution < -0.4 is 5.32 Å². The van der Waals surface area contributed by atoms with Gasteiger partial charge in [0.15, 0.2) is 0 Å². The van der Waals surface area contributed by atoms with Crippen molar-refractivity contribution in [1.29, 1.82) is 0 Å². The Balaban J connectivity index is 1.77. The van der Waals surface area contributed by atoms with E-state index in [1.165, 1.54) is 12.0 Å². The van der Waals surface area contributed by atoms with Gasteiger partial charge >= 0.3 is 0 Å². The van der Waals surface area contributed by atoms with Gasteiger partial charge in [-0.3, -0.25) is 4.90 Å². The lowest BCUT2D eigenvalue weighted by Gasteiger charge is -2.24. The fraction of sp³-hybridized carbons (Fsp3) is 0.625.